The minimum atomic E-state index is -0.245. The molecule has 3 saturated heterocycles. The molecular formula is C20H22N2O3. The van der Waals surface area contributed by atoms with Gasteiger partial charge in [-0.3, -0.25) is 0 Å². The SMILES string of the molecule is O=C(Oc1ccc(Oc2ccccc2)cc1)N1CCN2CCC1CC2. The Morgan fingerprint density at radius 3 is 2.16 bits per heavy atom. The van der Waals surface area contributed by atoms with Gasteiger partial charge in [0.25, 0.3) is 0 Å². The van der Waals surface area contributed by atoms with E-state index in [4.69, 9.17) is 9.47 Å². The highest BCUT2D eigenvalue weighted by atomic mass is 16.6. The largest absolute Gasteiger partial charge is 0.457 e. The second-order valence-electron chi connectivity index (χ2n) is 6.52. The van der Waals surface area contributed by atoms with Crippen LogP contribution in [0, 0.1) is 0 Å². The Kier molecular flexibility index (Phi) is 4.57. The normalized spacial score (nSPS) is 22.3. The minimum absolute atomic E-state index is 0.245. The fourth-order valence-corrected chi connectivity index (χ4v) is 3.49. The topological polar surface area (TPSA) is 42.0 Å². The first-order valence-corrected chi connectivity index (χ1v) is 8.82. The fraction of sp³-hybridized carbons (Fsp3) is 0.350. The molecular weight excluding hydrogens is 316 g/mol. The zero-order valence-corrected chi connectivity index (χ0v) is 14.1. The van der Waals surface area contributed by atoms with Crippen LogP contribution in [0.3, 0.4) is 0 Å². The van der Waals surface area contributed by atoms with E-state index in [0.717, 1.165) is 44.8 Å². The zero-order chi connectivity index (χ0) is 17.1. The highest BCUT2D eigenvalue weighted by molar-refractivity contribution is 5.71. The van der Waals surface area contributed by atoms with Gasteiger partial charge in [-0.05, 0) is 49.2 Å². The molecule has 1 amide bonds. The van der Waals surface area contributed by atoms with E-state index in [9.17, 15) is 4.79 Å². The van der Waals surface area contributed by atoms with Crippen molar-refractivity contribution < 1.29 is 14.3 Å². The summed E-state index contributed by atoms with van der Waals surface area (Å²) in [6.07, 6.45) is 1.84. The van der Waals surface area contributed by atoms with Crippen molar-refractivity contribution in [3.8, 4) is 17.2 Å². The highest BCUT2D eigenvalue weighted by Crippen LogP contribution is 2.25. The van der Waals surface area contributed by atoms with Gasteiger partial charge in [-0.15, -0.1) is 0 Å². The average molecular weight is 338 g/mol. The molecule has 0 spiro atoms. The third-order valence-electron chi connectivity index (χ3n) is 4.90. The number of ether oxygens (including phenoxy) is 2. The molecule has 5 heteroatoms. The van der Waals surface area contributed by atoms with E-state index >= 15 is 0 Å². The first-order chi connectivity index (χ1) is 12.3. The van der Waals surface area contributed by atoms with Crippen LogP contribution in [-0.4, -0.2) is 48.1 Å². The van der Waals surface area contributed by atoms with E-state index < -0.39 is 0 Å². The van der Waals surface area contributed by atoms with Gasteiger partial charge in [0.1, 0.15) is 17.2 Å². The molecule has 5 rings (SSSR count). The Hall–Kier alpha value is -2.53. The summed E-state index contributed by atoms with van der Waals surface area (Å²) >= 11 is 0. The van der Waals surface area contributed by atoms with Crippen molar-refractivity contribution in [2.45, 2.75) is 18.9 Å². The molecule has 2 aromatic carbocycles. The standard InChI is InChI=1S/C20H22N2O3/c23-20(22-15-14-21-12-10-16(22)11-13-21)25-19-8-6-18(7-9-19)24-17-4-2-1-3-5-17/h1-9,16H,10-15H2. The summed E-state index contributed by atoms with van der Waals surface area (Å²) in [6, 6.07) is 17.1. The van der Waals surface area contributed by atoms with Crippen molar-refractivity contribution in [3.63, 3.8) is 0 Å². The number of para-hydroxylation sites is 1. The minimum Gasteiger partial charge on any atom is -0.457 e. The molecule has 0 N–H and O–H groups in total. The van der Waals surface area contributed by atoms with E-state index in [2.05, 4.69) is 4.90 Å². The number of carbonyl (C=O) groups excluding carboxylic acids is 1. The van der Waals surface area contributed by atoms with Gasteiger partial charge in [0.05, 0.1) is 0 Å². The lowest BCUT2D eigenvalue weighted by Crippen LogP contribution is -2.43. The van der Waals surface area contributed by atoms with Gasteiger partial charge in [0, 0.05) is 32.2 Å². The first-order valence-electron chi connectivity index (χ1n) is 8.82. The number of nitrogens with zero attached hydrogens (tertiary/aromatic N) is 2. The predicted octanol–water partition coefficient (Wildman–Crippen LogP) is 3.76. The highest BCUT2D eigenvalue weighted by Gasteiger charge is 2.32. The first kappa shape index (κ1) is 16.0. The van der Waals surface area contributed by atoms with E-state index in [1.54, 1.807) is 12.1 Å². The maximum Gasteiger partial charge on any atom is 0.415 e. The van der Waals surface area contributed by atoms with Crippen LogP contribution in [0.5, 0.6) is 17.2 Å². The molecule has 0 unspecified atom stereocenters. The number of carbonyl (C=O) groups is 1. The van der Waals surface area contributed by atoms with Crippen LogP contribution >= 0.6 is 0 Å². The predicted molar refractivity (Wildman–Crippen MR) is 95.2 cm³/mol. The summed E-state index contributed by atoms with van der Waals surface area (Å²) in [4.78, 5) is 16.8. The molecule has 130 valence electrons. The number of benzene rings is 2. The van der Waals surface area contributed by atoms with Gasteiger partial charge in [-0.1, -0.05) is 18.2 Å². The Morgan fingerprint density at radius 1 is 0.800 bits per heavy atom. The van der Waals surface area contributed by atoms with Crippen LogP contribution in [0.1, 0.15) is 12.8 Å². The lowest BCUT2D eigenvalue weighted by Gasteiger charge is -2.30. The molecule has 3 heterocycles. The Balaban J connectivity index is 1.38. The van der Waals surface area contributed by atoms with Crippen LogP contribution < -0.4 is 9.47 Å². The number of rotatable bonds is 3. The number of amides is 1. The summed E-state index contributed by atoms with van der Waals surface area (Å²) in [5.41, 5.74) is 0. The number of piperidine rings is 1. The van der Waals surface area contributed by atoms with Gasteiger partial charge in [-0.2, -0.15) is 0 Å². The Labute approximate surface area is 147 Å². The Morgan fingerprint density at radius 2 is 1.44 bits per heavy atom. The van der Waals surface area contributed by atoms with Crippen LogP contribution in [0.2, 0.25) is 0 Å². The van der Waals surface area contributed by atoms with Gasteiger partial charge < -0.3 is 19.3 Å². The lowest BCUT2D eigenvalue weighted by molar-refractivity contribution is 0.131. The van der Waals surface area contributed by atoms with Crippen molar-refractivity contribution in [2.24, 2.45) is 0 Å². The average Bonchev–Trinajstić information content (AvgIpc) is 2.98. The van der Waals surface area contributed by atoms with Crippen molar-refractivity contribution in [2.75, 3.05) is 26.2 Å². The fourth-order valence-electron chi connectivity index (χ4n) is 3.49. The maximum atomic E-state index is 12.5. The lowest BCUT2D eigenvalue weighted by atomic mass is 10.1. The molecule has 2 bridgehead atoms. The van der Waals surface area contributed by atoms with Crippen LogP contribution in [0.15, 0.2) is 54.6 Å². The summed E-state index contributed by atoms with van der Waals surface area (Å²) < 4.78 is 11.3. The van der Waals surface area contributed by atoms with Crippen molar-refractivity contribution >= 4 is 6.09 Å². The van der Waals surface area contributed by atoms with E-state index in [1.165, 1.54) is 0 Å². The molecule has 0 radical (unpaired) electrons. The third kappa shape index (κ3) is 3.77. The number of hydrogen-bond acceptors (Lipinski definition) is 4. The summed E-state index contributed by atoms with van der Waals surface area (Å²) in [5, 5.41) is 0. The van der Waals surface area contributed by atoms with Crippen molar-refractivity contribution in [1.29, 1.82) is 0 Å². The molecule has 2 aromatic rings. The summed E-state index contributed by atoms with van der Waals surface area (Å²) in [5.74, 6) is 2.04. The van der Waals surface area contributed by atoms with Gasteiger partial charge in [0.15, 0.2) is 0 Å². The van der Waals surface area contributed by atoms with Crippen LogP contribution in [0.25, 0.3) is 0 Å². The van der Waals surface area contributed by atoms with Crippen LogP contribution in [-0.2, 0) is 0 Å². The van der Waals surface area contributed by atoms with E-state index in [1.807, 2.05) is 47.4 Å². The molecule has 3 fully saturated rings. The number of fused-ring (bicyclic) bond motifs is 4. The molecule has 0 saturated carbocycles. The van der Waals surface area contributed by atoms with Gasteiger partial charge in [0.2, 0.25) is 0 Å². The molecule has 0 aromatic heterocycles. The Bertz CT molecular complexity index is 709. The zero-order valence-electron chi connectivity index (χ0n) is 14.1. The van der Waals surface area contributed by atoms with Gasteiger partial charge >= 0.3 is 6.09 Å². The van der Waals surface area contributed by atoms with Crippen LogP contribution in [0.4, 0.5) is 4.79 Å². The van der Waals surface area contributed by atoms with E-state index in [-0.39, 0.29) is 6.09 Å². The summed E-state index contributed by atoms with van der Waals surface area (Å²) in [6.45, 7) is 3.86. The second-order valence-corrected chi connectivity index (χ2v) is 6.52. The monoisotopic (exact) mass is 338 g/mol. The number of hydrogen-bond donors (Lipinski definition) is 0. The van der Waals surface area contributed by atoms with Gasteiger partial charge in [-0.25, -0.2) is 4.79 Å². The van der Waals surface area contributed by atoms with Crippen molar-refractivity contribution in [1.82, 2.24) is 9.80 Å². The van der Waals surface area contributed by atoms with E-state index in [0.29, 0.717) is 17.5 Å². The summed E-state index contributed by atoms with van der Waals surface area (Å²) in [7, 11) is 0. The quantitative estimate of drug-likeness (QED) is 0.855. The third-order valence-corrected chi connectivity index (χ3v) is 4.90. The van der Waals surface area contributed by atoms with Crippen molar-refractivity contribution in [3.05, 3.63) is 54.6 Å². The molecule has 5 nitrogen and oxygen atoms in total. The molecule has 0 atom stereocenters. The smallest absolute Gasteiger partial charge is 0.415 e. The second kappa shape index (κ2) is 7.15. The molecule has 3 aliphatic heterocycles. The molecule has 0 aliphatic carbocycles. The molecule has 25 heavy (non-hydrogen) atoms. The maximum absolute atomic E-state index is 12.5. The molecule has 3 aliphatic rings.